The van der Waals surface area contributed by atoms with Crippen LogP contribution in [0.3, 0.4) is 0 Å². The third-order valence-electron chi connectivity index (χ3n) is 12.4. The minimum Gasteiger partial charge on any atom is -0.601 e. The highest BCUT2D eigenvalue weighted by Gasteiger charge is 2.61. The second kappa shape index (κ2) is 18.6. The van der Waals surface area contributed by atoms with Crippen molar-refractivity contribution < 1.29 is 42.6 Å². The number of methoxy groups -OCH3 is 2. The first kappa shape index (κ1) is 44.8. The molecule has 0 aliphatic carbocycles. The van der Waals surface area contributed by atoms with Gasteiger partial charge >= 0.3 is 18.8 Å². The van der Waals surface area contributed by atoms with Gasteiger partial charge in [-0.15, -0.1) is 0 Å². The fourth-order valence-corrected chi connectivity index (χ4v) is 9.22. The molecule has 13 nitrogen and oxygen atoms in total. The Kier molecular flexibility index (Phi) is 13.1. The molecule has 1 aromatic heterocycles. The maximum absolute atomic E-state index is 13.5. The van der Waals surface area contributed by atoms with Crippen LogP contribution in [-0.2, 0) is 44.7 Å². The van der Waals surface area contributed by atoms with Crippen molar-refractivity contribution in [2.45, 2.75) is 73.6 Å². The number of hydrogen-bond donors (Lipinski definition) is 1. The lowest BCUT2D eigenvalue weighted by atomic mass is 9.77. The van der Waals surface area contributed by atoms with Crippen molar-refractivity contribution in [3.63, 3.8) is 0 Å². The van der Waals surface area contributed by atoms with E-state index in [1.54, 1.807) is 12.1 Å². The van der Waals surface area contributed by atoms with Crippen molar-refractivity contribution in [1.29, 1.82) is 0 Å². The summed E-state index contributed by atoms with van der Waals surface area (Å²) in [6.45, 7) is 10.4. The van der Waals surface area contributed by atoms with Crippen LogP contribution in [0.2, 0.25) is 0 Å². The number of fused-ring (bicyclic) bond motifs is 2. The molecule has 3 heterocycles. The van der Waals surface area contributed by atoms with Crippen LogP contribution in [-0.4, -0.2) is 65.0 Å². The molecule has 0 spiro atoms. The van der Waals surface area contributed by atoms with Crippen LogP contribution >= 0.6 is 0 Å². The molecule has 0 unspecified atom stereocenters. The molecule has 0 fully saturated rings. The maximum Gasteiger partial charge on any atom is 0.780 e. The van der Waals surface area contributed by atoms with Crippen molar-refractivity contribution in [3.05, 3.63) is 174 Å². The smallest absolute Gasteiger partial charge is 0.601 e. The number of carbonyl (C=O) groups excluding carboxylic acids is 3. The Labute approximate surface area is 373 Å². The van der Waals surface area contributed by atoms with Crippen LogP contribution in [0.5, 0.6) is 11.5 Å². The van der Waals surface area contributed by atoms with Crippen molar-refractivity contribution in [2.75, 3.05) is 20.8 Å². The quantitative estimate of drug-likeness (QED) is 0.0446. The second-order valence-corrected chi connectivity index (χ2v) is 16.1. The molecule has 4 aromatic carbocycles. The van der Waals surface area contributed by atoms with Gasteiger partial charge in [0.1, 0.15) is 5.71 Å². The molecule has 0 atom stereocenters. The molecular weight excluding hydrogens is 811 g/mol. The number of carbonyl (C=O) groups is 3. The number of esters is 2. The van der Waals surface area contributed by atoms with Crippen LogP contribution in [0.4, 0.5) is 5.69 Å². The van der Waals surface area contributed by atoms with E-state index in [-0.39, 0.29) is 36.4 Å². The van der Waals surface area contributed by atoms with Gasteiger partial charge in [-0.1, -0.05) is 62.4 Å². The van der Waals surface area contributed by atoms with E-state index in [9.17, 15) is 24.5 Å². The molecule has 14 heteroatoms. The van der Waals surface area contributed by atoms with Crippen molar-refractivity contribution in [1.82, 2.24) is 9.79 Å². The predicted molar refractivity (Wildman–Crippen MR) is 246 cm³/mol. The average molecular weight is 865 g/mol. The standard InChI is InChI=1S/C50H53BN4O9/c1-9-43-31(3)48-47(38-17-19-39(20-18-38)50(58)52-28-27-35-11-21-40(22-12-35)55(59)60)49-32(4)44(10-2)34(6)54(49)51(53(48)33(43)5,63-41-23-13-36(14-24-41)29-45(56)61-7)64-42-25-15-37(16-26-42)30-46(57)62-8/h11-26H,9-10,27-30H2,1-8H3,(H,52,58). The lowest BCUT2D eigenvalue weighted by molar-refractivity contribution is -0.384. The highest BCUT2D eigenvalue weighted by molar-refractivity contribution is 6.61. The summed E-state index contributed by atoms with van der Waals surface area (Å²) in [6.07, 6.45) is 2.24. The van der Waals surface area contributed by atoms with Crippen molar-refractivity contribution >= 4 is 41.6 Å². The zero-order valence-corrected chi connectivity index (χ0v) is 37.6. The van der Waals surface area contributed by atoms with Gasteiger partial charge in [-0.25, -0.2) is 0 Å². The SMILES string of the molecule is CCC1=C(C)C2=C(c3ccc(C(=O)NCCc4ccc([N+](=O)[O-])cc4)cc3)c3c(C)c(CC)c(C)n3[B-](Oc3ccc(CC(=O)OC)cc3)(Oc3ccc(CC(=O)OC)cc3)[N+]2=C1C. The van der Waals surface area contributed by atoms with E-state index < -0.39 is 11.7 Å². The van der Waals surface area contributed by atoms with Crippen molar-refractivity contribution in [3.8, 4) is 11.5 Å². The summed E-state index contributed by atoms with van der Waals surface area (Å²) in [5, 5.41) is 14.1. The van der Waals surface area contributed by atoms with Crippen LogP contribution in [0, 0.1) is 24.0 Å². The molecule has 2 aliphatic rings. The van der Waals surface area contributed by atoms with E-state index in [4.69, 9.17) is 18.8 Å². The Balaban J connectivity index is 1.36. The minimum atomic E-state index is -2.71. The zero-order chi connectivity index (χ0) is 45.9. The number of benzene rings is 4. The van der Waals surface area contributed by atoms with Crippen LogP contribution < -0.4 is 14.6 Å². The third-order valence-corrected chi connectivity index (χ3v) is 12.4. The number of amides is 1. The molecule has 1 amide bonds. The van der Waals surface area contributed by atoms with Gasteiger partial charge in [0, 0.05) is 48.0 Å². The van der Waals surface area contributed by atoms with E-state index in [1.165, 1.54) is 26.4 Å². The molecule has 330 valence electrons. The van der Waals surface area contributed by atoms with Gasteiger partial charge in [-0.2, -0.15) is 0 Å². The number of nitro groups is 1. The largest absolute Gasteiger partial charge is 0.780 e. The second-order valence-electron chi connectivity index (χ2n) is 16.1. The molecule has 0 bridgehead atoms. The number of aromatic nitrogens is 1. The van der Waals surface area contributed by atoms with E-state index in [1.807, 2.05) is 72.8 Å². The molecule has 1 N–H and O–H groups in total. The van der Waals surface area contributed by atoms with Gasteiger partial charge in [0.15, 0.2) is 5.70 Å². The van der Waals surface area contributed by atoms with Crippen LogP contribution in [0.1, 0.15) is 89.2 Å². The number of hydrogen-bond acceptors (Lipinski definition) is 9. The van der Waals surface area contributed by atoms with E-state index >= 15 is 0 Å². The summed E-state index contributed by atoms with van der Waals surface area (Å²) >= 11 is 0. The number of nitrogens with one attached hydrogen (secondary N) is 1. The molecular formula is C50H53BN4O9. The summed E-state index contributed by atoms with van der Waals surface area (Å²) in [4.78, 5) is 48.5. The third kappa shape index (κ3) is 8.47. The van der Waals surface area contributed by atoms with Gasteiger partial charge in [0.2, 0.25) is 0 Å². The number of non-ortho nitro benzene ring substituents is 1. The Hall–Kier alpha value is -7.22. The van der Waals surface area contributed by atoms with E-state index in [0.29, 0.717) is 30.0 Å². The average Bonchev–Trinajstić information content (AvgIpc) is 3.71. The number of allylic oxidation sites excluding steroid dienone is 2. The summed E-state index contributed by atoms with van der Waals surface area (Å²) in [7, 11) is 2.74. The Bertz CT molecular complexity index is 2670. The van der Waals surface area contributed by atoms with Gasteiger partial charge in [0.25, 0.3) is 11.6 Å². The first-order valence-corrected chi connectivity index (χ1v) is 21.5. The number of nitro benzene ring substituents is 1. The predicted octanol–water partition coefficient (Wildman–Crippen LogP) is 8.41. The molecule has 5 aromatic rings. The monoisotopic (exact) mass is 864 g/mol. The number of nitrogens with zero attached hydrogens (tertiary/aromatic N) is 3. The normalized spacial score (nSPS) is 13.9. The first-order valence-electron chi connectivity index (χ1n) is 21.5. The van der Waals surface area contributed by atoms with Crippen LogP contribution in [0.15, 0.2) is 114 Å². The lowest BCUT2D eigenvalue weighted by Crippen LogP contribution is -2.67. The summed E-state index contributed by atoms with van der Waals surface area (Å²) in [5.74, 6) is 0.124. The van der Waals surface area contributed by atoms with E-state index in [2.05, 4.69) is 55.8 Å². The molecule has 2 aliphatic heterocycles. The van der Waals surface area contributed by atoms with Gasteiger partial charge < -0.3 is 33.1 Å². The number of ether oxygens (including phenoxy) is 2. The van der Waals surface area contributed by atoms with Crippen LogP contribution in [0.25, 0.3) is 5.57 Å². The first-order chi connectivity index (χ1) is 30.7. The fourth-order valence-electron chi connectivity index (χ4n) is 9.22. The molecule has 0 radical (unpaired) electrons. The Morgan fingerprint density at radius 3 is 1.75 bits per heavy atom. The molecule has 7 rings (SSSR count). The Morgan fingerprint density at radius 2 is 1.27 bits per heavy atom. The van der Waals surface area contributed by atoms with Gasteiger partial charge in [0.05, 0.1) is 49.1 Å². The number of rotatable bonds is 16. The van der Waals surface area contributed by atoms with E-state index in [0.717, 1.165) is 85.7 Å². The van der Waals surface area contributed by atoms with Gasteiger partial charge in [-0.05, 0) is 116 Å². The fraction of sp³-hybridized carbons (Fsp3) is 0.280. The molecule has 0 saturated carbocycles. The Morgan fingerprint density at radius 1 is 0.734 bits per heavy atom. The minimum absolute atomic E-state index is 0.0225. The summed E-state index contributed by atoms with van der Waals surface area (Å²) in [6, 6.07) is 28.8. The van der Waals surface area contributed by atoms with Gasteiger partial charge in [-0.3, -0.25) is 24.5 Å². The summed E-state index contributed by atoms with van der Waals surface area (Å²) < 4.78 is 29.0. The zero-order valence-electron chi connectivity index (χ0n) is 37.6. The molecule has 64 heavy (non-hydrogen) atoms. The topological polar surface area (TPSA) is 151 Å². The lowest BCUT2D eigenvalue weighted by Gasteiger charge is -2.43. The summed E-state index contributed by atoms with van der Waals surface area (Å²) in [5.41, 5.74) is 13.0. The maximum atomic E-state index is 13.5. The van der Waals surface area contributed by atoms with Crippen molar-refractivity contribution in [2.24, 2.45) is 0 Å². The molecule has 0 saturated heterocycles. The highest BCUT2D eigenvalue weighted by atomic mass is 16.6. The highest BCUT2D eigenvalue weighted by Crippen LogP contribution is 2.47.